The fourth-order valence-corrected chi connectivity index (χ4v) is 3.14. The van der Waals surface area contributed by atoms with Crippen LogP contribution in [-0.2, 0) is 15.5 Å². The molecular weight excluding hydrogens is 256 g/mol. The van der Waals surface area contributed by atoms with E-state index in [4.69, 9.17) is 10.7 Å². The van der Waals surface area contributed by atoms with Gasteiger partial charge in [0.15, 0.2) is 0 Å². The molecule has 0 aliphatic carbocycles. The molecule has 4 nitrogen and oxygen atoms in total. The van der Waals surface area contributed by atoms with Gasteiger partial charge in [0.25, 0.3) is 0 Å². The highest BCUT2D eigenvalue weighted by atomic mass is 35.7. The summed E-state index contributed by atoms with van der Waals surface area (Å²) >= 11 is 1.36. The lowest BCUT2D eigenvalue weighted by Gasteiger charge is -2.00. The Kier molecular flexibility index (Phi) is 4.82. The molecule has 0 atom stereocenters. The van der Waals surface area contributed by atoms with Gasteiger partial charge in [-0.25, -0.2) is 18.4 Å². The Morgan fingerprint density at radius 1 is 1.47 bits per heavy atom. The van der Waals surface area contributed by atoms with Crippen molar-refractivity contribution in [3.8, 4) is 0 Å². The Balaban J connectivity index is 2.51. The van der Waals surface area contributed by atoms with E-state index in [1.54, 1.807) is 0 Å². The van der Waals surface area contributed by atoms with E-state index in [9.17, 15) is 8.42 Å². The highest BCUT2D eigenvalue weighted by Crippen LogP contribution is 2.16. The van der Waals surface area contributed by atoms with E-state index in [0.29, 0.717) is 5.75 Å². The molecule has 1 aromatic heterocycles. The zero-order valence-corrected chi connectivity index (χ0v) is 10.6. The van der Waals surface area contributed by atoms with Crippen LogP contribution in [0.4, 0.5) is 0 Å². The summed E-state index contributed by atoms with van der Waals surface area (Å²) in [5.74, 6) is 0.358. The van der Waals surface area contributed by atoms with Crippen LogP contribution in [0.2, 0.25) is 0 Å². The first-order valence-corrected chi connectivity index (χ1v) is 7.83. The van der Waals surface area contributed by atoms with Crippen molar-refractivity contribution >= 4 is 31.5 Å². The van der Waals surface area contributed by atoms with Crippen LogP contribution in [0.3, 0.4) is 0 Å². The van der Waals surface area contributed by atoms with Gasteiger partial charge in [0.2, 0.25) is 9.05 Å². The number of aromatic nitrogens is 2. The van der Waals surface area contributed by atoms with Gasteiger partial charge in [0.05, 0.1) is 10.8 Å². The van der Waals surface area contributed by atoms with E-state index in [2.05, 4.69) is 9.97 Å². The van der Waals surface area contributed by atoms with E-state index >= 15 is 0 Å². The maximum Gasteiger partial charge on any atom is 0.233 e. The molecule has 0 bridgehead atoms. The molecule has 0 saturated heterocycles. The smallest absolute Gasteiger partial charge is 0.233 e. The fraction of sp³-hybridized carbons (Fsp3) is 0.500. The third-order valence-corrected chi connectivity index (χ3v) is 3.98. The van der Waals surface area contributed by atoms with Crippen molar-refractivity contribution in [1.29, 1.82) is 0 Å². The zero-order valence-electron chi connectivity index (χ0n) is 8.18. The van der Waals surface area contributed by atoms with Gasteiger partial charge < -0.3 is 0 Å². The van der Waals surface area contributed by atoms with Crippen LogP contribution in [0.1, 0.15) is 12.6 Å². The van der Waals surface area contributed by atoms with E-state index in [-0.39, 0.29) is 5.75 Å². The highest BCUT2D eigenvalue weighted by molar-refractivity contribution is 8.14. The first-order chi connectivity index (χ1) is 7.01. The predicted octanol–water partition coefficient (Wildman–Crippen LogP) is 1.70. The number of hydrogen-bond acceptors (Lipinski definition) is 5. The van der Waals surface area contributed by atoms with Crippen LogP contribution < -0.4 is 0 Å². The summed E-state index contributed by atoms with van der Waals surface area (Å²) in [5, 5.41) is 0.780. The average molecular weight is 267 g/mol. The standard InChI is InChI=1S/C8H11ClN2O2S2/c1-2-7-5-8(11-6-10-7)14-3-4-15(9,12)13/h5-6H,2-4H2,1H3. The van der Waals surface area contributed by atoms with Crippen molar-refractivity contribution in [2.45, 2.75) is 18.4 Å². The van der Waals surface area contributed by atoms with Crippen molar-refractivity contribution in [3.63, 3.8) is 0 Å². The van der Waals surface area contributed by atoms with E-state index in [1.165, 1.54) is 18.1 Å². The molecule has 0 aliphatic rings. The quantitative estimate of drug-likeness (QED) is 0.461. The minimum Gasteiger partial charge on any atom is -0.241 e. The number of halogens is 1. The van der Waals surface area contributed by atoms with Gasteiger partial charge in [-0.1, -0.05) is 6.92 Å². The fourth-order valence-electron chi connectivity index (χ4n) is 0.895. The van der Waals surface area contributed by atoms with Gasteiger partial charge >= 0.3 is 0 Å². The lowest BCUT2D eigenvalue weighted by molar-refractivity contribution is 0.611. The molecule has 0 spiro atoms. The highest BCUT2D eigenvalue weighted by Gasteiger charge is 2.06. The van der Waals surface area contributed by atoms with Crippen LogP contribution in [0.15, 0.2) is 17.4 Å². The SMILES string of the molecule is CCc1cc(SCCS(=O)(=O)Cl)ncn1. The summed E-state index contributed by atoms with van der Waals surface area (Å²) in [4.78, 5) is 8.07. The minimum atomic E-state index is -3.40. The summed E-state index contributed by atoms with van der Waals surface area (Å²) in [6.07, 6.45) is 2.32. The molecule has 0 unspecified atom stereocenters. The van der Waals surface area contributed by atoms with Crippen LogP contribution in [-0.4, -0.2) is 29.9 Å². The van der Waals surface area contributed by atoms with Crippen molar-refractivity contribution in [3.05, 3.63) is 18.1 Å². The van der Waals surface area contributed by atoms with E-state index in [0.717, 1.165) is 17.1 Å². The summed E-state index contributed by atoms with van der Waals surface area (Å²) in [6.45, 7) is 2.00. The largest absolute Gasteiger partial charge is 0.241 e. The van der Waals surface area contributed by atoms with Crippen LogP contribution >= 0.6 is 22.4 Å². The molecule has 0 aliphatic heterocycles. The average Bonchev–Trinajstić information content (AvgIpc) is 2.16. The minimum absolute atomic E-state index is 0.0509. The van der Waals surface area contributed by atoms with Crippen molar-refractivity contribution in [2.75, 3.05) is 11.5 Å². The maximum absolute atomic E-state index is 10.7. The Hall–Kier alpha value is -0.330. The van der Waals surface area contributed by atoms with Gasteiger partial charge in [-0.3, -0.25) is 0 Å². The second-order valence-corrected chi connectivity index (χ2v) is 6.80. The van der Waals surface area contributed by atoms with Crippen LogP contribution in [0.5, 0.6) is 0 Å². The van der Waals surface area contributed by atoms with Crippen LogP contribution in [0, 0.1) is 0 Å². The van der Waals surface area contributed by atoms with Gasteiger partial charge in [-0.2, -0.15) is 0 Å². The molecule has 84 valence electrons. The number of nitrogens with zero attached hydrogens (tertiary/aromatic N) is 2. The molecule has 0 aromatic carbocycles. The lowest BCUT2D eigenvalue weighted by Crippen LogP contribution is -2.00. The molecule has 0 fully saturated rings. The van der Waals surface area contributed by atoms with Gasteiger partial charge in [-0.05, 0) is 12.5 Å². The first kappa shape index (κ1) is 12.7. The lowest BCUT2D eigenvalue weighted by atomic mass is 10.3. The molecule has 0 radical (unpaired) electrons. The van der Waals surface area contributed by atoms with E-state index < -0.39 is 9.05 Å². The summed E-state index contributed by atoms with van der Waals surface area (Å²) in [5.41, 5.74) is 0.946. The van der Waals surface area contributed by atoms with Gasteiger partial charge in [-0.15, -0.1) is 11.8 Å². The first-order valence-electron chi connectivity index (χ1n) is 4.37. The van der Waals surface area contributed by atoms with Crippen molar-refractivity contribution in [2.24, 2.45) is 0 Å². The van der Waals surface area contributed by atoms with Gasteiger partial charge in [0.1, 0.15) is 6.33 Å². The number of rotatable bonds is 5. The molecule has 1 aromatic rings. The molecule has 0 amide bonds. The third kappa shape index (κ3) is 5.34. The summed E-state index contributed by atoms with van der Waals surface area (Å²) in [7, 11) is 1.68. The number of hydrogen-bond donors (Lipinski definition) is 0. The molecule has 7 heteroatoms. The van der Waals surface area contributed by atoms with Gasteiger partial charge in [0, 0.05) is 22.1 Å². The maximum atomic E-state index is 10.7. The Morgan fingerprint density at radius 3 is 2.80 bits per heavy atom. The Morgan fingerprint density at radius 2 is 2.20 bits per heavy atom. The molecule has 0 N–H and O–H groups in total. The summed E-state index contributed by atoms with van der Waals surface area (Å²) < 4.78 is 21.3. The Labute approximate surface area is 97.9 Å². The number of thioether (sulfide) groups is 1. The second-order valence-electron chi connectivity index (χ2n) is 2.79. The van der Waals surface area contributed by atoms with E-state index in [1.807, 2.05) is 13.0 Å². The number of aryl methyl sites for hydroxylation is 1. The molecule has 1 rings (SSSR count). The van der Waals surface area contributed by atoms with Crippen molar-refractivity contribution < 1.29 is 8.42 Å². The third-order valence-electron chi connectivity index (χ3n) is 1.64. The monoisotopic (exact) mass is 266 g/mol. The molecular formula is C8H11ClN2O2S2. The predicted molar refractivity (Wildman–Crippen MR) is 61.8 cm³/mol. The second kappa shape index (κ2) is 5.67. The van der Waals surface area contributed by atoms with Crippen molar-refractivity contribution in [1.82, 2.24) is 9.97 Å². The summed E-state index contributed by atoms with van der Waals surface area (Å²) in [6, 6.07) is 1.85. The molecule has 15 heavy (non-hydrogen) atoms. The zero-order chi connectivity index (χ0) is 11.3. The Bertz CT molecular complexity index is 422. The molecule has 1 heterocycles. The normalized spacial score (nSPS) is 11.6. The van der Waals surface area contributed by atoms with Crippen LogP contribution in [0.25, 0.3) is 0 Å². The molecule has 0 saturated carbocycles. The topological polar surface area (TPSA) is 59.9 Å².